The van der Waals surface area contributed by atoms with Crippen molar-refractivity contribution in [3.63, 3.8) is 0 Å². The summed E-state index contributed by atoms with van der Waals surface area (Å²) in [6.07, 6.45) is 3.36. The van der Waals surface area contributed by atoms with Gasteiger partial charge in [-0.25, -0.2) is 14.8 Å². The van der Waals surface area contributed by atoms with Crippen LogP contribution in [0.15, 0.2) is 67.1 Å². The Bertz CT molecular complexity index is 1340. The lowest BCUT2D eigenvalue weighted by atomic mass is 10.1. The van der Waals surface area contributed by atoms with Crippen molar-refractivity contribution < 1.29 is 14.3 Å². The number of nitrogens with zero attached hydrogens (tertiary/aromatic N) is 5. The van der Waals surface area contributed by atoms with Gasteiger partial charge in [-0.1, -0.05) is 30.3 Å². The first kappa shape index (κ1) is 24.6. The molecule has 0 aliphatic heterocycles. The maximum absolute atomic E-state index is 12.6. The zero-order valence-electron chi connectivity index (χ0n) is 20.5. The Hall–Kier alpha value is -4.47. The number of carbonyl (C=O) groups is 2. The highest BCUT2D eigenvalue weighted by molar-refractivity contribution is 5.98. The van der Waals surface area contributed by atoms with Crippen molar-refractivity contribution in [3.8, 4) is 5.82 Å². The zero-order chi connectivity index (χ0) is 25.5. The number of esters is 1. The van der Waals surface area contributed by atoms with E-state index in [1.54, 1.807) is 37.6 Å². The van der Waals surface area contributed by atoms with E-state index in [1.807, 2.05) is 35.8 Å². The monoisotopic (exact) mass is 487 g/mol. The first-order valence-corrected chi connectivity index (χ1v) is 11.8. The van der Waals surface area contributed by atoms with Crippen LogP contribution in [0.3, 0.4) is 0 Å². The summed E-state index contributed by atoms with van der Waals surface area (Å²) < 4.78 is 6.89. The molecule has 0 unspecified atom stereocenters. The largest absolute Gasteiger partial charge is 0.465 e. The number of amides is 2. The lowest BCUT2D eigenvalue weighted by molar-refractivity contribution is -0.141. The molecule has 2 amide bonds. The fraction of sp³-hybridized carbons (Fsp3) is 0.269. The lowest BCUT2D eigenvalue weighted by Gasteiger charge is -2.22. The van der Waals surface area contributed by atoms with E-state index in [1.165, 1.54) is 4.90 Å². The number of urea groups is 1. The van der Waals surface area contributed by atoms with Crippen molar-refractivity contribution in [2.24, 2.45) is 0 Å². The Morgan fingerprint density at radius 1 is 1.08 bits per heavy atom. The van der Waals surface area contributed by atoms with Gasteiger partial charge in [0, 0.05) is 18.4 Å². The van der Waals surface area contributed by atoms with Gasteiger partial charge in [-0.15, -0.1) is 0 Å². The second-order valence-corrected chi connectivity index (χ2v) is 8.03. The number of anilines is 2. The predicted molar refractivity (Wildman–Crippen MR) is 138 cm³/mol. The molecule has 0 saturated heterocycles. The van der Waals surface area contributed by atoms with Gasteiger partial charge in [0.2, 0.25) is 5.95 Å². The number of ether oxygens (including phenoxy) is 1. The molecule has 2 heterocycles. The molecule has 10 nitrogen and oxygen atoms in total. The number of fused-ring (bicyclic) bond motifs is 1. The number of aromatic nitrogens is 4. The summed E-state index contributed by atoms with van der Waals surface area (Å²) in [5.74, 6) is 0.661. The van der Waals surface area contributed by atoms with Crippen LogP contribution in [0.25, 0.3) is 16.9 Å². The van der Waals surface area contributed by atoms with Crippen LogP contribution in [0.2, 0.25) is 0 Å². The Labute approximate surface area is 209 Å². The molecule has 4 rings (SSSR count). The van der Waals surface area contributed by atoms with Crippen molar-refractivity contribution in [2.75, 3.05) is 29.9 Å². The van der Waals surface area contributed by atoms with E-state index in [0.717, 1.165) is 11.1 Å². The standard InChI is InChI=1S/C26H29N7O3/c1-4-27-26(35)32(16-24(34)36-5-2)20-11-12-22-21(15-20)29-17-33(22)23-13-14-28-25(31-23)30-18(3)19-9-7-6-8-10-19/h6-15,17-18H,4-5,16H2,1-3H3,(H,27,35)(H,28,30,31)/t18-/m0/s1. The first-order valence-electron chi connectivity index (χ1n) is 11.8. The number of rotatable bonds is 9. The number of carbonyl (C=O) groups excluding carboxylic acids is 2. The molecular weight excluding hydrogens is 458 g/mol. The van der Waals surface area contributed by atoms with Crippen molar-refractivity contribution in [1.82, 2.24) is 24.8 Å². The topological polar surface area (TPSA) is 114 Å². The molecular formula is C26H29N7O3. The van der Waals surface area contributed by atoms with Crippen LogP contribution in [0.5, 0.6) is 0 Å². The summed E-state index contributed by atoms with van der Waals surface area (Å²) in [6.45, 7) is 6.07. The third-order valence-corrected chi connectivity index (χ3v) is 5.54. The molecule has 0 aliphatic rings. The molecule has 36 heavy (non-hydrogen) atoms. The van der Waals surface area contributed by atoms with Gasteiger partial charge in [-0.2, -0.15) is 4.98 Å². The number of hydrogen-bond acceptors (Lipinski definition) is 7. The molecule has 186 valence electrons. The molecule has 10 heteroatoms. The van der Waals surface area contributed by atoms with Crippen LogP contribution in [0.1, 0.15) is 32.4 Å². The van der Waals surface area contributed by atoms with Crippen LogP contribution >= 0.6 is 0 Å². The molecule has 0 bridgehead atoms. The van der Waals surface area contributed by atoms with Gasteiger partial charge in [0.15, 0.2) is 0 Å². The number of benzene rings is 2. The molecule has 2 aromatic heterocycles. The highest BCUT2D eigenvalue weighted by atomic mass is 16.5. The third kappa shape index (κ3) is 5.60. The first-order chi connectivity index (χ1) is 17.5. The van der Waals surface area contributed by atoms with Gasteiger partial charge in [-0.05, 0) is 50.6 Å². The van der Waals surface area contributed by atoms with Crippen LogP contribution in [-0.2, 0) is 9.53 Å². The average molecular weight is 488 g/mol. The van der Waals surface area contributed by atoms with E-state index < -0.39 is 5.97 Å². The molecule has 4 aromatic rings. The number of imidazole rings is 1. The summed E-state index contributed by atoms with van der Waals surface area (Å²) in [5, 5.41) is 6.07. The molecule has 0 fully saturated rings. The normalized spacial score (nSPS) is 11.6. The molecule has 2 N–H and O–H groups in total. The van der Waals surface area contributed by atoms with Crippen molar-refractivity contribution in [3.05, 3.63) is 72.7 Å². The minimum Gasteiger partial charge on any atom is -0.465 e. The van der Waals surface area contributed by atoms with Crippen molar-refractivity contribution in [2.45, 2.75) is 26.8 Å². The van der Waals surface area contributed by atoms with Crippen LogP contribution in [0, 0.1) is 0 Å². The Morgan fingerprint density at radius 3 is 2.64 bits per heavy atom. The van der Waals surface area contributed by atoms with E-state index in [-0.39, 0.29) is 25.2 Å². The van der Waals surface area contributed by atoms with Gasteiger partial charge in [0.05, 0.1) is 23.7 Å². The molecule has 1 atom stereocenters. The summed E-state index contributed by atoms with van der Waals surface area (Å²) in [6, 6.07) is 16.9. The third-order valence-electron chi connectivity index (χ3n) is 5.54. The van der Waals surface area contributed by atoms with Gasteiger partial charge in [-0.3, -0.25) is 14.3 Å². The molecule has 0 radical (unpaired) electrons. The van der Waals surface area contributed by atoms with Crippen molar-refractivity contribution in [1.29, 1.82) is 0 Å². The minimum absolute atomic E-state index is 0.0307. The summed E-state index contributed by atoms with van der Waals surface area (Å²) in [7, 11) is 0. The van der Waals surface area contributed by atoms with E-state index in [4.69, 9.17) is 4.74 Å². The van der Waals surface area contributed by atoms with E-state index in [9.17, 15) is 9.59 Å². The Balaban J connectivity index is 1.60. The summed E-state index contributed by atoms with van der Waals surface area (Å²) in [4.78, 5) is 39.6. The Morgan fingerprint density at radius 2 is 1.89 bits per heavy atom. The van der Waals surface area contributed by atoms with Gasteiger partial charge < -0.3 is 15.4 Å². The molecule has 0 aliphatic carbocycles. The lowest BCUT2D eigenvalue weighted by Crippen LogP contribution is -2.43. The van der Waals surface area contributed by atoms with Crippen LogP contribution < -0.4 is 15.5 Å². The molecule has 2 aromatic carbocycles. The number of hydrogen-bond donors (Lipinski definition) is 2. The SMILES string of the molecule is CCNC(=O)N(CC(=O)OCC)c1ccc2c(c1)ncn2-c1ccnc(N[C@@H](C)c2ccccc2)n1. The van der Waals surface area contributed by atoms with E-state index in [0.29, 0.717) is 29.5 Å². The molecule has 0 spiro atoms. The fourth-order valence-corrected chi connectivity index (χ4v) is 3.79. The summed E-state index contributed by atoms with van der Waals surface area (Å²) in [5.41, 5.74) is 3.11. The van der Waals surface area contributed by atoms with Crippen LogP contribution in [-0.4, -0.2) is 51.2 Å². The predicted octanol–water partition coefficient (Wildman–Crippen LogP) is 4.09. The average Bonchev–Trinajstić information content (AvgIpc) is 3.31. The fourth-order valence-electron chi connectivity index (χ4n) is 3.79. The van der Waals surface area contributed by atoms with E-state index >= 15 is 0 Å². The second kappa shape index (κ2) is 11.3. The summed E-state index contributed by atoms with van der Waals surface area (Å²) >= 11 is 0. The quantitative estimate of drug-likeness (QED) is 0.342. The van der Waals surface area contributed by atoms with Gasteiger partial charge >= 0.3 is 12.0 Å². The smallest absolute Gasteiger partial charge is 0.326 e. The highest BCUT2D eigenvalue weighted by Gasteiger charge is 2.20. The zero-order valence-corrected chi connectivity index (χ0v) is 20.5. The number of nitrogens with one attached hydrogen (secondary N) is 2. The second-order valence-electron chi connectivity index (χ2n) is 8.03. The van der Waals surface area contributed by atoms with E-state index in [2.05, 4.69) is 44.6 Å². The van der Waals surface area contributed by atoms with Gasteiger partial charge in [0.25, 0.3) is 0 Å². The van der Waals surface area contributed by atoms with Gasteiger partial charge in [0.1, 0.15) is 18.7 Å². The molecule has 0 saturated carbocycles. The minimum atomic E-state index is -0.486. The maximum atomic E-state index is 12.6. The van der Waals surface area contributed by atoms with Crippen molar-refractivity contribution >= 4 is 34.7 Å². The maximum Gasteiger partial charge on any atom is 0.326 e. The highest BCUT2D eigenvalue weighted by Crippen LogP contribution is 2.24. The van der Waals surface area contributed by atoms with Crippen LogP contribution in [0.4, 0.5) is 16.4 Å². The Kier molecular flexibility index (Phi) is 7.74.